The maximum absolute atomic E-state index is 12.7. The van der Waals surface area contributed by atoms with Gasteiger partial charge in [-0.15, -0.1) is 0 Å². The molecule has 0 atom stereocenters. The molecule has 0 radical (unpaired) electrons. The third kappa shape index (κ3) is 5.04. The second-order valence-corrected chi connectivity index (χ2v) is 4.62. The predicted molar refractivity (Wildman–Crippen MR) is 83.2 cm³/mol. The summed E-state index contributed by atoms with van der Waals surface area (Å²) in [5.74, 6) is -1.39. The lowest BCUT2D eigenvalue weighted by atomic mass is 10.1. The molecule has 0 aliphatic rings. The Morgan fingerprint density at radius 3 is 2.54 bits per heavy atom. The van der Waals surface area contributed by atoms with Crippen molar-refractivity contribution in [3.8, 4) is 0 Å². The number of carboxylic acid groups (broad SMARTS) is 1. The first-order chi connectivity index (χ1) is 11.1. The van der Waals surface area contributed by atoms with Crippen LogP contribution >= 0.6 is 0 Å². The zero-order chi connectivity index (χ0) is 18.5. The molecular weight excluding hydrogens is 327 g/mol. The molecular formula is C15H16F3N3O3. The van der Waals surface area contributed by atoms with Crippen LogP contribution in [0.3, 0.4) is 0 Å². The number of allylic oxidation sites excluding steroid dienone is 1. The third-order valence-electron chi connectivity index (χ3n) is 2.93. The average Bonchev–Trinajstić information content (AvgIpc) is 2.50. The van der Waals surface area contributed by atoms with Crippen LogP contribution in [0, 0.1) is 0 Å². The lowest BCUT2D eigenvalue weighted by Crippen LogP contribution is -2.17. The van der Waals surface area contributed by atoms with E-state index in [1.807, 2.05) is 0 Å². The van der Waals surface area contributed by atoms with Crippen molar-refractivity contribution in [2.24, 2.45) is 10.7 Å². The van der Waals surface area contributed by atoms with Gasteiger partial charge in [-0.05, 0) is 25.1 Å². The number of methoxy groups -OCH3 is 1. The smallest absolute Gasteiger partial charge is 0.416 e. The molecule has 130 valence electrons. The highest BCUT2D eigenvalue weighted by Gasteiger charge is 2.30. The number of alkyl halides is 3. The lowest BCUT2D eigenvalue weighted by molar-refractivity contribution is -0.137. The maximum Gasteiger partial charge on any atom is 0.416 e. The van der Waals surface area contributed by atoms with Crippen LogP contribution in [0.1, 0.15) is 12.5 Å². The topological polar surface area (TPSA) is 96.9 Å². The summed E-state index contributed by atoms with van der Waals surface area (Å²) in [4.78, 5) is 14.8. The first-order valence-corrected chi connectivity index (χ1v) is 6.52. The molecule has 0 aliphatic heterocycles. The summed E-state index contributed by atoms with van der Waals surface area (Å²) in [6.45, 7) is 5.00. The van der Waals surface area contributed by atoms with Crippen LogP contribution in [0.4, 0.5) is 18.9 Å². The number of rotatable bonds is 5. The maximum atomic E-state index is 12.7. The van der Waals surface area contributed by atoms with Gasteiger partial charge in [-0.2, -0.15) is 18.2 Å². The van der Waals surface area contributed by atoms with E-state index >= 15 is 0 Å². The minimum absolute atomic E-state index is 0.0550. The van der Waals surface area contributed by atoms with Crippen molar-refractivity contribution >= 4 is 17.7 Å². The molecule has 0 aliphatic carbocycles. The van der Waals surface area contributed by atoms with Gasteiger partial charge in [0.15, 0.2) is 5.70 Å². The van der Waals surface area contributed by atoms with Gasteiger partial charge in [0.05, 0.1) is 12.7 Å². The fourth-order valence-corrected chi connectivity index (χ4v) is 1.63. The molecule has 0 bridgehead atoms. The number of aliphatic carboxylic acids is 1. The van der Waals surface area contributed by atoms with Crippen LogP contribution in [-0.4, -0.2) is 24.2 Å². The Hall–Kier alpha value is -2.97. The van der Waals surface area contributed by atoms with Gasteiger partial charge in [-0.3, -0.25) is 0 Å². The Balaban J connectivity index is 3.13. The molecule has 1 aromatic rings. The van der Waals surface area contributed by atoms with E-state index in [1.54, 1.807) is 0 Å². The zero-order valence-corrected chi connectivity index (χ0v) is 12.9. The van der Waals surface area contributed by atoms with E-state index < -0.39 is 23.4 Å². The van der Waals surface area contributed by atoms with E-state index in [0.29, 0.717) is 0 Å². The highest BCUT2D eigenvalue weighted by Crippen LogP contribution is 2.31. The van der Waals surface area contributed by atoms with Crippen LogP contribution in [0.2, 0.25) is 0 Å². The number of aliphatic imine (C=N–C) groups is 1. The van der Waals surface area contributed by atoms with Crippen molar-refractivity contribution in [2.75, 3.05) is 12.4 Å². The third-order valence-corrected chi connectivity index (χ3v) is 2.93. The summed E-state index contributed by atoms with van der Waals surface area (Å²) in [6.07, 6.45) is -4.49. The standard InChI is InChI=1S/C15H16F3N3O3/c1-8(12(13(22)23)21-14(19)24-3)9(2)20-11-6-4-5-10(7-11)15(16,17)18/h4-7,20H,2H2,1,3H3,(H2,19,21)(H,22,23)/b12-8-. The Morgan fingerprint density at radius 2 is 2.04 bits per heavy atom. The molecule has 0 saturated carbocycles. The highest BCUT2D eigenvalue weighted by atomic mass is 19.4. The molecule has 1 rings (SSSR count). The number of nitrogens with two attached hydrogens (primary N) is 1. The van der Waals surface area contributed by atoms with Gasteiger partial charge in [0.25, 0.3) is 6.02 Å². The van der Waals surface area contributed by atoms with Crippen molar-refractivity contribution in [2.45, 2.75) is 13.1 Å². The van der Waals surface area contributed by atoms with Crippen molar-refractivity contribution in [3.05, 3.63) is 53.4 Å². The number of nitrogens with zero attached hydrogens (tertiary/aromatic N) is 1. The quantitative estimate of drug-likeness (QED) is 0.331. The SMILES string of the molecule is C=C(Nc1cccc(C(F)(F)F)c1)/C(C)=C(\N=C(/N)OC)C(=O)O. The van der Waals surface area contributed by atoms with Gasteiger partial charge in [0.1, 0.15) is 0 Å². The van der Waals surface area contributed by atoms with E-state index in [-0.39, 0.29) is 23.0 Å². The van der Waals surface area contributed by atoms with E-state index in [1.165, 1.54) is 26.2 Å². The number of hydrogen-bond acceptors (Lipinski definition) is 4. The molecule has 0 unspecified atom stereocenters. The number of ether oxygens (including phenoxy) is 1. The minimum Gasteiger partial charge on any atom is -0.476 e. The first kappa shape index (κ1) is 19.1. The number of nitrogens with one attached hydrogen (secondary N) is 1. The van der Waals surface area contributed by atoms with Crippen molar-refractivity contribution in [1.82, 2.24) is 0 Å². The Kier molecular flexibility index (Phi) is 5.99. The molecule has 0 saturated heterocycles. The number of carboxylic acids is 1. The van der Waals surface area contributed by atoms with Crippen LogP contribution < -0.4 is 11.1 Å². The predicted octanol–water partition coefficient (Wildman–Crippen LogP) is 2.95. The summed E-state index contributed by atoms with van der Waals surface area (Å²) in [6, 6.07) is 4.03. The molecule has 0 heterocycles. The second kappa shape index (κ2) is 7.53. The molecule has 9 heteroatoms. The van der Waals surface area contributed by atoms with Gasteiger partial charge in [-0.1, -0.05) is 12.6 Å². The van der Waals surface area contributed by atoms with E-state index in [4.69, 9.17) is 10.8 Å². The molecule has 24 heavy (non-hydrogen) atoms. The number of hydrogen-bond donors (Lipinski definition) is 3. The lowest BCUT2D eigenvalue weighted by Gasteiger charge is -2.13. The summed E-state index contributed by atoms with van der Waals surface area (Å²) in [7, 11) is 1.21. The van der Waals surface area contributed by atoms with Crippen molar-refractivity contribution in [1.29, 1.82) is 0 Å². The summed E-state index contributed by atoms with van der Waals surface area (Å²) >= 11 is 0. The Bertz CT molecular complexity index is 709. The molecule has 4 N–H and O–H groups in total. The average molecular weight is 343 g/mol. The van der Waals surface area contributed by atoms with Gasteiger partial charge in [0, 0.05) is 17.0 Å². The van der Waals surface area contributed by atoms with Gasteiger partial charge in [-0.25, -0.2) is 4.79 Å². The number of carbonyl (C=O) groups is 1. The Morgan fingerprint density at radius 1 is 1.42 bits per heavy atom. The zero-order valence-electron chi connectivity index (χ0n) is 12.9. The van der Waals surface area contributed by atoms with Gasteiger partial charge < -0.3 is 20.9 Å². The fourth-order valence-electron chi connectivity index (χ4n) is 1.63. The number of halogens is 3. The summed E-state index contributed by atoms with van der Waals surface area (Å²) in [5.41, 5.74) is 4.27. The fraction of sp³-hybridized carbons (Fsp3) is 0.200. The number of benzene rings is 1. The van der Waals surface area contributed by atoms with E-state index in [2.05, 4.69) is 21.6 Å². The van der Waals surface area contributed by atoms with E-state index in [0.717, 1.165) is 12.1 Å². The monoisotopic (exact) mass is 343 g/mol. The number of amidine groups is 1. The number of anilines is 1. The molecule has 0 amide bonds. The van der Waals surface area contributed by atoms with Crippen molar-refractivity contribution < 1.29 is 27.8 Å². The minimum atomic E-state index is -4.49. The molecule has 0 fully saturated rings. The molecule has 6 nitrogen and oxygen atoms in total. The normalized spacial score (nSPS) is 13.1. The van der Waals surface area contributed by atoms with Crippen molar-refractivity contribution in [3.63, 3.8) is 0 Å². The summed E-state index contributed by atoms with van der Waals surface area (Å²) in [5, 5.41) is 11.8. The largest absolute Gasteiger partial charge is 0.476 e. The first-order valence-electron chi connectivity index (χ1n) is 6.52. The second-order valence-electron chi connectivity index (χ2n) is 4.62. The van der Waals surface area contributed by atoms with Gasteiger partial charge >= 0.3 is 12.1 Å². The highest BCUT2D eigenvalue weighted by molar-refractivity contribution is 5.91. The molecule has 0 spiro atoms. The molecule has 0 aromatic heterocycles. The van der Waals surface area contributed by atoms with Crippen LogP contribution in [0.15, 0.2) is 52.8 Å². The van der Waals surface area contributed by atoms with Crippen LogP contribution in [0.5, 0.6) is 0 Å². The molecule has 1 aromatic carbocycles. The summed E-state index contributed by atoms with van der Waals surface area (Å²) < 4.78 is 42.7. The van der Waals surface area contributed by atoms with Crippen LogP contribution in [0.25, 0.3) is 0 Å². The Labute approximate surface area is 136 Å². The van der Waals surface area contributed by atoms with Crippen LogP contribution in [-0.2, 0) is 15.7 Å². The van der Waals surface area contributed by atoms with Gasteiger partial charge in [0.2, 0.25) is 0 Å². The van der Waals surface area contributed by atoms with E-state index in [9.17, 15) is 18.0 Å².